The highest BCUT2D eigenvalue weighted by molar-refractivity contribution is 5.60. The summed E-state index contributed by atoms with van der Waals surface area (Å²) < 4.78 is 80.3. The summed E-state index contributed by atoms with van der Waals surface area (Å²) in [6, 6.07) is 7.07. The SMILES string of the molecule is FC(F)(F)c1cccc(-c2nc(N3CCCC3)nc(N3CCN(c4ncccc4C(F)(F)F)CC3)n2)c1. The number of anilines is 3. The Bertz CT molecular complexity index is 1250. The van der Waals surface area contributed by atoms with E-state index in [2.05, 4.69) is 19.9 Å². The van der Waals surface area contributed by atoms with Gasteiger partial charge >= 0.3 is 12.4 Å². The molecule has 13 heteroatoms. The summed E-state index contributed by atoms with van der Waals surface area (Å²) >= 11 is 0. The number of halogens is 6. The Morgan fingerprint density at radius 1 is 0.649 bits per heavy atom. The van der Waals surface area contributed by atoms with Crippen molar-refractivity contribution in [2.75, 3.05) is 54.0 Å². The van der Waals surface area contributed by atoms with Gasteiger partial charge in [-0.25, -0.2) is 4.98 Å². The fraction of sp³-hybridized carbons (Fsp3) is 0.417. The Morgan fingerprint density at radius 3 is 1.89 bits per heavy atom. The normalized spacial score (nSPS) is 17.0. The van der Waals surface area contributed by atoms with Crippen molar-refractivity contribution in [3.8, 4) is 11.4 Å². The van der Waals surface area contributed by atoms with Gasteiger partial charge in [0.2, 0.25) is 11.9 Å². The van der Waals surface area contributed by atoms with Gasteiger partial charge in [-0.1, -0.05) is 12.1 Å². The molecule has 2 fully saturated rings. The molecule has 0 amide bonds. The third-order valence-electron chi connectivity index (χ3n) is 6.40. The molecule has 0 saturated carbocycles. The van der Waals surface area contributed by atoms with Gasteiger partial charge in [-0.3, -0.25) is 0 Å². The van der Waals surface area contributed by atoms with Crippen LogP contribution in [0.15, 0.2) is 42.6 Å². The van der Waals surface area contributed by atoms with E-state index in [1.54, 1.807) is 4.90 Å². The second-order valence-electron chi connectivity index (χ2n) is 8.88. The van der Waals surface area contributed by atoms with Gasteiger partial charge in [0.05, 0.1) is 11.1 Å². The van der Waals surface area contributed by atoms with Crippen LogP contribution in [0.2, 0.25) is 0 Å². The molecule has 2 aliphatic heterocycles. The number of alkyl halides is 6. The lowest BCUT2D eigenvalue weighted by Gasteiger charge is -2.36. The van der Waals surface area contributed by atoms with E-state index < -0.39 is 23.5 Å². The molecule has 0 radical (unpaired) electrons. The number of hydrogen-bond donors (Lipinski definition) is 0. The molecule has 0 bridgehead atoms. The van der Waals surface area contributed by atoms with Crippen molar-refractivity contribution >= 4 is 17.7 Å². The van der Waals surface area contributed by atoms with E-state index in [9.17, 15) is 26.3 Å². The maximum atomic E-state index is 13.5. The van der Waals surface area contributed by atoms with Crippen molar-refractivity contribution in [3.63, 3.8) is 0 Å². The lowest BCUT2D eigenvalue weighted by molar-refractivity contribution is -0.138. The van der Waals surface area contributed by atoms with Crippen molar-refractivity contribution in [1.29, 1.82) is 0 Å². The van der Waals surface area contributed by atoms with Gasteiger partial charge in [-0.05, 0) is 37.1 Å². The van der Waals surface area contributed by atoms with Crippen LogP contribution in [0.1, 0.15) is 24.0 Å². The first-order valence-corrected chi connectivity index (χ1v) is 11.8. The molecule has 3 aromatic rings. The summed E-state index contributed by atoms with van der Waals surface area (Å²) in [6.45, 7) is 2.53. The van der Waals surface area contributed by atoms with Crippen LogP contribution in [-0.2, 0) is 12.4 Å². The molecular weight excluding hydrogens is 500 g/mol. The van der Waals surface area contributed by atoms with E-state index in [1.165, 1.54) is 24.4 Å². The first-order valence-electron chi connectivity index (χ1n) is 11.8. The highest BCUT2D eigenvalue weighted by Crippen LogP contribution is 2.36. The van der Waals surface area contributed by atoms with Crippen LogP contribution in [0.3, 0.4) is 0 Å². The zero-order valence-electron chi connectivity index (χ0n) is 19.6. The van der Waals surface area contributed by atoms with Gasteiger partial charge in [0.15, 0.2) is 5.82 Å². The summed E-state index contributed by atoms with van der Waals surface area (Å²) in [7, 11) is 0. The second kappa shape index (κ2) is 9.67. The number of aromatic nitrogens is 4. The van der Waals surface area contributed by atoms with Gasteiger partial charge in [-0.2, -0.15) is 41.3 Å². The van der Waals surface area contributed by atoms with Crippen molar-refractivity contribution in [1.82, 2.24) is 19.9 Å². The quantitative estimate of drug-likeness (QED) is 0.451. The zero-order valence-corrected chi connectivity index (χ0v) is 19.6. The van der Waals surface area contributed by atoms with Crippen molar-refractivity contribution in [3.05, 3.63) is 53.7 Å². The summed E-state index contributed by atoms with van der Waals surface area (Å²) in [5.41, 5.74) is -1.40. The van der Waals surface area contributed by atoms with Crippen LogP contribution < -0.4 is 14.7 Å². The molecule has 1 aromatic carbocycles. The van der Waals surface area contributed by atoms with Crippen LogP contribution >= 0.6 is 0 Å². The van der Waals surface area contributed by atoms with Gasteiger partial charge < -0.3 is 14.7 Å². The Morgan fingerprint density at radius 2 is 1.27 bits per heavy atom. The van der Waals surface area contributed by atoms with E-state index in [0.29, 0.717) is 19.0 Å². The van der Waals surface area contributed by atoms with Crippen LogP contribution in [0.5, 0.6) is 0 Å². The van der Waals surface area contributed by atoms with Gasteiger partial charge in [0.25, 0.3) is 0 Å². The minimum Gasteiger partial charge on any atom is -0.353 e. The maximum absolute atomic E-state index is 13.5. The average Bonchev–Trinajstić information content (AvgIpc) is 3.43. The fourth-order valence-corrected chi connectivity index (χ4v) is 4.51. The van der Waals surface area contributed by atoms with Crippen molar-refractivity contribution < 1.29 is 26.3 Å². The molecule has 0 unspecified atom stereocenters. The summed E-state index contributed by atoms with van der Waals surface area (Å²) in [4.78, 5) is 22.8. The topological polar surface area (TPSA) is 61.3 Å². The number of pyridine rings is 1. The van der Waals surface area contributed by atoms with E-state index >= 15 is 0 Å². The Kier molecular flexibility index (Phi) is 6.54. The number of rotatable bonds is 4. The first kappa shape index (κ1) is 25.0. The van der Waals surface area contributed by atoms with E-state index in [-0.39, 0.29) is 36.2 Å². The van der Waals surface area contributed by atoms with Crippen LogP contribution in [0.4, 0.5) is 44.1 Å². The van der Waals surface area contributed by atoms with Gasteiger partial charge in [-0.15, -0.1) is 0 Å². The molecule has 0 aliphatic carbocycles. The predicted molar refractivity (Wildman–Crippen MR) is 125 cm³/mol. The van der Waals surface area contributed by atoms with Crippen LogP contribution in [0.25, 0.3) is 11.4 Å². The summed E-state index contributed by atoms with van der Waals surface area (Å²) in [6.07, 6.45) is -5.82. The fourth-order valence-electron chi connectivity index (χ4n) is 4.51. The number of benzene rings is 1. The summed E-state index contributed by atoms with van der Waals surface area (Å²) in [5, 5.41) is 0. The molecular formula is C24H23F6N7. The minimum absolute atomic E-state index is 0.115. The molecule has 2 aromatic heterocycles. The molecule has 4 heterocycles. The molecule has 37 heavy (non-hydrogen) atoms. The number of nitrogens with zero attached hydrogens (tertiary/aromatic N) is 7. The van der Waals surface area contributed by atoms with E-state index in [0.717, 1.165) is 44.1 Å². The molecule has 2 aliphatic rings. The third kappa shape index (κ3) is 5.39. The zero-order chi connectivity index (χ0) is 26.2. The third-order valence-corrected chi connectivity index (χ3v) is 6.40. The Hall–Kier alpha value is -3.64. The number of hydrogen-bond acceptors (Lipinski definition) is 7. The molecule has 196 valence electrons. The highest BCUT2D eigenvalue weighted by Gasteiger charge is 2.36. The molecule has 0 N–H and O–H groups in total. The van der Waals surface area contributed by atoms with Crippen LogP contribution in [-0.4, -0.2) is 59.2 Å². The smallest absolute Gasteiger partial charge is 0.353 e. The summed E-state index contributed by atoms with van der Waals surface area (Å²) in [5.74, 6) is 0.639. The Balaban J connectivity index is 1.43. The molecule has 7 nitrogen and oxygen atoms in total. The predicted octanol–water partition coefficient (Wildman–Crippen LogP) is 4.90. The highest BCUT2D eigenvalue weighted by atomic mass is 19.4. The van der Waals surface area contributed by atoms with Gasteiger partial charge in [0, 0.05) is 51.0 Å². The van der Waals surface area contributed by atoms with Crippen molar-refractivity contribution in [2.45, 2.75) is 25.2 Å². The molecule has 5 rings (SSSR count). The monoisotopic (exact) mass is 523 g/mol. The standard InChI is InChI=1S/C24H23F6N7/c25-23(26,27)17-6-3-5-16(15-17)19-32-21(36-9-1-2-10-36)34-22(33-19)37-13-11-35(12-14-37)20-18(24(28,29)30)7-4-8-31-20/h3-8,15H,1-2,9-14H2. The van der Waals surface area contributed by atoms with E-state index in [4.69, 9.17) is 0 Å². The molecule has 0 spiro atoms. The van der Waals surface area contributed by atoms with Crippen LogP contribution in [0, 0.1) is 0 Å². The first-order chi connectivity index (χ1) is 17.6. The number of piperazine rings is 1. The maximum Gasteiger partial charge on any atom is 0.419 e. The molecule has 2 saturated heterocycles. The largest absolute Gasteiger partial charge is 0.419 e. The minimum atomic E-state index is -4.53. The van der Waals surface area contributed by atoms with E-state index in [1.807, 2.05) is 9.80 Å². The van der Waals surface area contributed by atoms with Gasteiger partial charge in [0.1, 0.15) is 5.82 Å². The second-order valence-corrected chi connectivity index (χ2v) is 8.88. The lowest BCUT2D eigenvalue weighted by atomic mass is 10.1. The lowest BCUT2D eigenvalue weighted by Crippen LogP contribution is -2.48. The van der Waals surface area contributed by atoms with Crippen molar-refractivity contribution in [2.24, 2.45) is 0 Å². The average molecular weight is 523 g/mol. The molecule has 0 atom stereocenters. The Labute approximate surface area is 208 Å².